The summed E-state index contributed by atoms with van der Waals surface area (Å²) in [7, 11) is 0. The molecule has 19 heavy (non-hydrogen) atoms. The standard InChI is InChI=1S/C14H18BrF2NO/c1-10-8-11(13(17)9-12(10)16)14(19)18-7-5-3-2-4-6-15/h8-9H,2-7H2,1H3,(H,18,19). The van der Waals surface area contributed by atoms with Crippen LogP contribution >= 0.6 is 15.9 Å². The van der Waals surface area contributed by atoms with E-state index in [9.17, 15) is 13.6 Å². The average molecular weight is 334 g/mol. The van der Waals surface area contributed by atoms with Crippen molar-refractivity contribution in [1.82, 2.24) is 5.32 Å². The number of carbonyl (C=O) groups excluding carboxylic acids is 1. The number of hydrogen-bond acceptors (Lipinski definition) is 1. The van der Waals surface area contributed by atoms with Gasteiger partial charge in [-0.05, 0) is 31.4 Å². The van der Waals surface area contributed by atoms with E-state index < -0.39 is 17.5 Å². The van der Waals surface area contributed by atoms with Gasteiger partial charge in [0.25, 0.3) is 5.91 Å². The summed E-state index contributed by atoms with van der Waals surface area (Å²) in [5.41, 5.74) is 0.170. The summed E-state index contributed by atoms with van der Waals surface area (Å²) in [5.74, 6) is -1.94. The molecule has 1 aromatic rings. The Morgan fingerprint density at radius 1 is 1.16 bits per heavy atom. The molecule has 0 aliphatic carbocycles. The van der Waals surface area contributed by atoms with Crippen LogP contribution in [0.2, 0.25) is 0 Å². The third-order valence-corrected chi connectivity index (χ3v) is 3.40. The molecule has 0 aliphatic rings. The molecule has 0 aliphatic heterocycles. The molecule has 0 radical (unpaired) electrons. The van der Waals surface area contributed by atoms with Crippen molar-refractivity contribution >= 4 is 21.8 Å². The van der Waals surface area contributed by atoms with E-state index in [0.717, 1.165) is 37.1 Å². The largest absolute Gasteiger partial charge is 0.352 e. The second-order valence-electron chi connectivity index (χ2n) is 4.44. The molecule has 0 unspecified atom stereocenters. The summed E-state index contributed by atoms with van der Waals surface area (Å²) in [6.45, 7) is 2.02. The Morgan fingerprint density at radius 2 is 1.84 bits per heavy atom. The van der Waals surface area contributed by atoms with Gasteiger partial charge in [0.2, 0.25) is 0 Å². The lowest BCUT2D eigenvalue weighted by atomic mass is 10.1. The molecule has 0 aromatic heterocycles. The predicted molar refractivity (Wildman–Crippen MR) is 75.7 cm³/mol. The van der Waals surface area contributed by atoms with E-state index >= 15 is 0 Å². The highest BCUT2D eigenvalue weighted by Crippen LogP contribution is 2.14. The molecule has 106 valence electrons. The van der Waals surface area contributed by atoms with Crippen molar-refractivity contribution < 1.29 is 13.6 Å². The van der Waals surface area contributed by atoms with Gasteiger partial charge in [-0.3, -0.25) is 4.79 Å². The second-order valence-corrected chi connectivity index (χ2v) is 5.23. The van der Waals surface area contributed by atoms with Crippen LogP contribution in [0.5, 0.6) is 0 Å². The molecular formula is C14H18BrF2NO. The Hall–Kier alpha value is -0.970. The number of alkyl halides is 1. The molecule has 0 fully saturated rings. The van der Waals surface area contributed by atoms with E-state index in [1.807, 2.05) is 0 Å². The quantitative estimate of drug-likeness (QED) is 0.594. The molecule has 1 rings (SSSR count). The van der Waals surface area contributed by atoms with Gasteiger partial charge in [0.15, 0.2) is 0 Å². The van der Waals surface area contributed by atoms with Crippen LogP contribution in [-0.2, 0) is 0 Å². The summed E-state index contributed by atoms with van der Waals surface area (Å²) >= 11 is 3.35. The average Bonchev–Trinajstić information content (AvgIpc) is 2.37. The van der Waals surface area contributed by atoms with Crippen LogP contribution in [0.4, 0.5) is 8.78 Å². The summed E-state index contributed by atoms with van der Waals surface area (Å²) in [6.07, 6.45) is 4.10. The Bertz CT molecular complexity index is 438. The molecule has 0 heterocycles. The molecule has 5 heteroatoms. The van der Waals surface area contributed by atoms with Crippen molar-refractivity contribution in [2.75, 3.05) is 11.9 Å². The van der Waals surface area contributed by atoms with Crippen LogP contribution in [-0.4, -0.2) is 17.8 Å². The third kappa shape index (κ3) is 5.27. The van der Waals surface area contributed by atoms with Crippen molar-refractivity contribution in [2.24, 2.45) is 0 Å². The summed E-state index contributed by atoms with van der Waals surface area (Å²) in [6, 6.07) is 1.99. The number of halogens is 3. The minimum atomic E-state index is -0.820. The summed E-state index contributed by atoms with van der Waals surface area (Å²) in [4.78, 5) is 11.7. The number of hydrogen-bond donors (Lipinski definition) is 1. The highest BCUT2D eigenvalue weighted by molar-refractivity contribution is 9.09. The van der Waals surface area contributed by atoms with E-state index in [2.05, 4.69) is 21.2 Å². The molecule has 1 amide bonds. The fourth-order valence-corrected chi connectivity index (χ4v) is 2.10. The molecule has 1 aromatic carbocycles. The number of unbranched alkanes of at least 4 members (excludes halogenated alkanes) is 3. The van der Waals surface area contributed by atoms with Crippen molar-refractivity contribution in [3.63, 3.8) is 0 Å². The zero-order chi connectivity index (χ0) is 14.3. The Labute approximate surface area is 120 Å². The number of carbonyl (C=O) groups is 1. The predicted octanol–water partition coefficient (Wildman–Crippen LogP) is 3.96. The molecular weight excluding hydrogens is 316 g/mol. The van der Waals surface area contributed by atoms with Gasteiger partial charge in [-0.2, -0.15) is 0 Å². The highest BCUT2D eigenvalue weighted by atomic mass is 79.9. The summed E-state index contributed by atoms with van der Waals surface area (Å²) in [5, 5.41) is 3.64. The fraction of sp³-hybridized carbons (Fsp3) is 0.500. The first-order valence-electron chi connectivity index (χ1n) is 6.36. The maximum absolute atomic E-state index is 13.5. The lowest BCUT2D eigenvalue weighted by molar-refractivity contribution is 0.0948. The van der Waals surface area contributed by atoms with Crippen LogP contribution in [0.3, 0.4) is 0 Å². The van der Waals surface area contributed by atoms with Crippen LogP contribution in [0.15, 0.2) is 12.1 Å². The molecule has 2 nitrogen and oxygen atoms in total. The molecule has 0 saturated heterocycles. The summed E-state index contributed by atoms with van der Waals surface area (Å²) < 4.78 is 26.5. The number of rotatable bonds is 7. The van der Waals surface area contributed by atoms with E-state index in [1.54, 1.807) is 0 Å². The van der Waals surface area contributed by atoms with Crippen molar-refractivity contribution in [3.05, 3.63) is 34.9 Å². The fourth-order valence-electron chi connectivity index (χ4n) is 1.70. The van der Waals surface area contributed by atoms with Crippen molar-refractivity contribution in [2.45, 2.75) is 32.6 Å². The number of nitrogens with one attached hydrogen (secondary N) is 1. The van der Waals surface area contributed by atoms with Crippen LogP contribution < -0.4 is 5.32 Å². The molecule has 0 atom stereocenters. The number of aryl methyl sites for hydroxylation is 1. The van der Waals surface area contributed by atoms with Gasteiger partial charge in [0.1, 0.15) is 11.6 Å². The zero-order valence-corrected chi connectivity index (χ0v) is 12.5. The SMILES string of the molecule is Cc1cc(C(=O)NCCCCCCBr)c(F)cc1F. The number of benzene rings is 1. The Kier molecular flexibility index (Phi) is 6.99. The maximum Gasteiger partial charge on any atom is 0.254 e. The smallest absolute Gasteiger partial charge is 0.254 e. The maximum atomic E-state index is 13.5. The van der Waals surface area contributed by atoms with Crippen LogP contribution in [0, 0.1) is 18.6 Å². The number of amides is 1. The van der Waals surface area contributed by atoms with Gasteiger partial charge in [-0.1, -0.05) is 28.8 Å². The monoisotopic (exact) mass is 333 g/mol. The van der Waals surface area contributed by atoms with Gasteiger partial charge in [0.05, 0.1) is 5.56 Å². The first-order chi connectivity index (χ1) is 9.06. The van der Waals surface area contributed by atoms with E-state index in [1.165, 1.54) is 13.0 Å². The minimum absolute atomic E-state index is 0.0978. The van der Waals surface area contributed by atoms with Gasteiger partial charge >= 0.3 is 0 Å². The highest BCUT2D eigenvalue weighted by Gasteiger charge is 2.13. The zero-order valence-electron chi connectivity index (χ0n) is 10.9. The molecule has 0 spiro atoms. The third-order valence-electron chi connectivity index (χ3n) is 2.84. The molecule has 0 bridgehead atoms. The van der Waals surface area contributed by atoms with Crippen LogP contribution in [0.1, 0.15) is 41.6 Å². The van der Waals surface area contributed by atoms with E-state index in [-0.39, 0.29) is 11.1 Å². The minimum Gasteiger partial charge on any atom is -0.352 e. The normalized spacial score (nSPS) is 10.5. The lowest BCUT2D eigenvalue weighted by Gasteiger charge is -2.07. The molecule has 0 saturated carbocycles. The van der Waals surface area contributed by atoms with Crippen molar-refractivity contribution in [1.29, 1.82) is 0 Å². The topological polar surface area (TPSA) is 29.1 Å². The second kappa shape index (κ2) is 8.25. The Morgan fingerprint density at radius 3 is 2.53 bits per heavy atom. The lowest BCUT2D eigenvalue weighted by Crippen LogP contribution is -2.25. The van der Waals surface area contributed by atoms with Gasteiger partial charge < -0.3 is 5.32 Å². The van der Waals surface area contributed by atoms with Gasteiger partial charge in [-0.25, -0.2) is 8.78 Å². The van der Waals surface area contributed by atoms with Gasteiger partial charge in [0, 0.05) is 17.9 Å². The van der Waals surface area contributed by atoms with E-state index in [4.69, 9.17) is 0 Å². The van der Waals surface area contributed by atoms with Crippen LogP contribution in [0.25, 0.3) is 0 Å². The van der Waals surface area contributed by atoms with E-state index in [0.29, 0.717) is 6.54 Å². The first-order valence-corrected chi connectivity index (χ1v) is 7.48. The Balaban J connectivity index is 2.43. The van der Waals surface area contributed by atoms with Crippen molar-refractivity contribution in [3.8, 4) is 0 Å². The molecule has 1 N–H and O–H groups in total. The van der Waals surface area contributed by atoms with Gasteiger partial charge in [-0.15, -0.1) is 0 Å². The first kappa shape index (κ1) is 16.1.